The number of ether oxygens (including phenoxy) is 1. The van der Waals surface area contributed by atoms with E-state index < -0.39 is 0 Å². The summed E-state index contributed by atoms with van der Waals surface area (Å²) >= 11 is 0. The monoisotopic (exact) mass is 405 g/mol. The number of likely N-dealkylation sites (tertiary alicyclic amines) is 1. The summed E-state index contributed by atoms with van der Waals surface area (Å²) < 4.78 is 5.42. The van der Waals surface area contributed by atoms with Gasteiger partial charge in [-0.2, -0.15) is 0 Å². The predicted molar refractivity (Wildman–Crippen MR) is 118 cm³/mol. The third kappa shape index (κ3) is 3.83. The number of anilines is 1. The lowest BCUT2D eigenvalue weighted by Gasteiger charge is -2.48. The predicted octanol–water partition coefficient (Wildman–Crippen LogP) is 4.11. The van der Waals surface area contributed by atoms with Crippen LogP contribution in [0, 0.1) is 5.92 Å². The summed E-state index contributed by atoms with van der Waals surface area (Å²) in [4.78, 5) is 22.4. The van der Waals surface area contributed by atoms with E-state index >= 15 is 0 Å². The smallest absolute Gasteiger partial charge is 0.255 e. The minimum Gasteiger partial charge on any atom is -0.378 e. The summed E-state index contributed by atoms with van der Waals surface area (Å²) in [6.07, 6.45) is 7.68. The summed E-state index contributed by atoms with van der Waals surface area (Å²) in [5, 5.41) is 0. The number of morpholine rings is 1. The zero-order chi connectivity index (χ0) is 20.3. The molecule has 1 amide bonds. The second-order valence-electron chi connectivity index (χ2n) is 8.82. The average Bonchev–Trinajstić information content (AvgIpc) is 2.84. The second-order valence-corrected chi connectivity index (χ2v) is 8.82. The van der Waals surface area contributed by atoms with Crippen molar-refractivity contribution in [3.05, 3.63) is 59.8 Å². The Morgan fingerprint density at radius 3 is 2.50 bits per heavy atom. The number of rotatable bonds is 3. The molecule has 0 spiro atoms. The molecule has 3 fully saturated rings. The number of hydrogen-bond donors (Lipinski definition) is 0. The van der Waals surface area contributed by atoms with Gasteiger partial charge >= 0.3 is 0 Å². The minimum atomic E-state index is 0.152. The van der Waals surface area contributed by atoms with Crippen LogP contribution in [0.15, 0.2) is 48.7 Å². The van der Waals surface area contributed by atoms with Gasteiger partial charge in [-0.3, -0.25) is 4.79 Å². The van der Waals surface area contributed by atoms with Gasteiger partial charge in [0.25, 0.3) is 5.91 Å². The van der Waals surface area contributed by atoms with Gasteiger partial charge in [0.05, 0.1) is 18.8 Å². The number of amides is 1. The summed E-state index contributed by atoms with van der Waals surface area (Å²) in [6.45, 7) is 4.03. The van der Waals surface area contributed by atoms with Crippen LogP contribution in [-0.4, -0.2) is 54.7 Å². The lowest BCUT2D eigenvalue weighted by molar-refractivity contribution is 0.0319. The fourth-order valence-corrected chi connectivity index (χ4v) is 5.68. The summed E-state index contributed by atoms with van der Waals surface area (Å²) in [6, 6.07) is 15.2. The minimum absolute atomic E-state index is 0.152. The van der Waals surface area contributed by atoms with Crippen LogP contribution in [0.3, 0.4) is 0 Å². The highest BCUT2D eigenvalue weighted by molar-refractivity contribution is 5.94. The number of carbonyl (C=O) groups excluding carboxylic acids is 1. The molecule has 3 atom stereocenters. The van der Waals surface area contributed by atoms with Gasteiger partial charge in [-0.1, -0.05) is 43.2 Å². The highest BCUT2D eigenvalue weighted by Crippen LogP contribution is 2.44. The van der Waals surface area contributed by atoms with E-state index in [9.17, 15) is 4.79 Å². The maximum atomic E-state index is 13.4. The van der Waals surface area contributed by atoms with Crippen molar-refractivity contribution in [3.63, 3.8) is 0 Å². The maximum absolute atomic E-state index is 13.4. The number of benzene rings is 1. The Labute approximate surface area is 179 Å². The molecule has 0 N–H and O–H groups in total. The third-order valence-corrected chi connectivity index (χ3v) is 7.20. The number of piperidine rings is 1. The summed E-state index contributed by atoms with van der Waals surface area (Å²) in [5.74, 6) is 2.23. The summed E-state index contributed by atoms with van der Waals surface area (Å²) in [7, 11) is 0. The molecule has 158 valence electrons. The SMILES string of the molecule is O=C(c1ccc(N2CCOCC2)nc1)N1CC[C@H](c2ccccc2)[C@H]2CCCC[C@H]21. The van der Waals surface area contributed by atoms with Crippen LogP contribution in [0.25, 0.3) is 0 Å². The van der Waals surface area contributed by atoms with Crippen LogP contribution in [0.4, 0.5) is 5.82 Å². The molecule has 5 nitrogen and oxygen atoms in total. The largest absolute Gasteiger partial charge is 0.378 e. The number of carbonyl (C=O) groups is 1. The molecule has 2 aliphatic heterocycles. The first kappa shape index (κ1) is 19.6. The molecule has 3 aliphatic rings. The zero-order valence-electron chi connectivity index (χ0n) is 17.6. The first-order valence-electron chi connectivity index (χ1n) is 11.5. The third-order valence-electron chi connectivity index (χ3n) is 7.20. The molecule has 30 heavy (non-hydrogen) atoms. The topological polar surface area (TPSA) is 45.7 Å². The molecule has 5 heteroatoms. The van der Waals surface area contributed by atoms with Crippen LogP contribution in [0.1, 0.15) is 53.9 Å². The van der Waals surface area contributed by atoms with Crippen LogP contribution in [0.5, 0.6) is 0 Å². The van der Waals surface area contributed by atoms with Crippen molar-refractivity contribution in [2.75, 3.05) is 37.7 Å². The van der Waals surface area contributed by atoms with Crippen molar-refractivity contribution in [1.82, 2.24) is 9.88 Å². The lowest BCUT2D eigenvalue weighted by Crippen LogP contribution is -2.52. The molecule has 0 bridgehead atoms. The van der Waals surface area contributed by atoms with Gasteiger partial charge in [0.2, 0.25) is 0 Å². The highest BCUT2D eigenvalue weighted by Gasteiger charge is 2.41. The van der Waals surface area contributed by atoms with Crippen LogP contribution in [0.2, 0.25) is 0 Å². The van der Waals surface area contributed by atoms with E-state index in [0.717, 1.165) is 57.1 Å². The van der Waals surface area contributed by atoms with Crippen molar-refractivity contribution in [1.29, 1.82) is 0 Å². The number of hydrogen-bond acceptors (Lipinski definition) is 4. The fraction of sp³-hybridized carbons (Fsp3) is 0.520. The molecule has 0 unspecified atom stereocenters. The maximum Gasteiger partial charge on any atom is 0.255 e. The number of nitrogens with zero attached hydrogens (tertiary/aromatic N) is 3. The molecular weight excluding hydrogens is 374 g/mol. The molecule has 2 saturated heterocycles. The van der Waals surface area contributed by atoms with E-state index in [4.69, 9.17) is 4.74 Å². The van der Waals surface area contributed by atoms with Crippen molar-refractivity contribution >= 4 is 11.7 Å². The van der Waals surface area contributed by atoms with E-state index in [-0.39, 0.29) is 5.91 Å². The normalized spacial score (nSPS) is 26.9. The standard InChI is InChI=1S/C25H31N3O2/c29-25(20-10-11-24(26-18-20)27-14-16-30-17-15-27)28-13-12-21(19-6-2-1-3-7-19)22-8-4-5-9-23(22)28/h1-3,6-7,10-11,18,21-23H,4-5,8-9,12-17H2/t21-,22-,23-/m1/s1. The van der Waals surface area contributed by atoms with Gasteiger partial charge in [-0.05, 0) is 48.8 Å². The zero-order valence-corrected chi connectivity index (χ0v) is 17.6. The Bertz CT molecular complexity index is 848. The van der Waals surface area contributed by atoms with E-state index in [0.29, 0.717) is 17.9 Å². The Kier molecular flexibility index (Phi) is 5.71. The van der Waals surface area contributed by atoms with Crippen molar-refractivity contribution in [2.24, 2.45) is 5.92 Å². The molecule has 1 saturated carbocycles. The molecule has 1 aromatic carbocycles. The molecule has 5 rings (SSSR count). The van der Waals surface area contributed by atoms with E-state index in [1.165, 1.54) is 24.8 Å². The molecule has 0 radical (unpaired) electrons. The van der Waals surface area contributed by atoms with Gasteiger partial charge in [0.15, 0.2) is 0 Å². The molecular formula is C25H31N3O2. The lowest BCUT2D eigenvalue weighted by atomic mass is 9.69. The van der Waals surface area contributed by atoms with Crippen LogP contribution < -0.4 is 4.90 Å². The second kappa shape index (κ2) is 8.76. The quantitative estimate of drug-likeness (QED) is 0.771. The molecule has 1 aromatic heterocycles. The Morgan fingerprint density at radius 1 is 0.933 bits per heavy atom. The number of aromatic nitrogens is 1. The van der Waals surface area contributed by atoms with Gasteiger partial charge in [0, 0.05) is 31.9 Å². The Balaban J connectivity index is 1.33. The number of pyridine rings is 1. The first-order chi connectivity index (χ1) is 14.8. The van der Waals surface area contributed by atoms with Gasteiger partial charge in [-0.25, -0.2) is 4.98 Å². The van der Waals surface area contributed by atoms with Gasteiger partial charge < -0.3 is 14.5 Å². The van der Waals surface area contributed by atoms with Crippen molar-refractivity contribution in [3.8, 4) is 0 Å². The van der Waals surface area contributed by atoms with Crippen molar-refractivity contribution in [2.45, 2.75) is 44.1 Å². The Morgan fingerprint density at radius 2 is 1.73 bits per heavy atom. The van der Waals surface area contributed by atoms with Crippen molar-refractivity contribution < 1.29 is 9.53 Å². The highest BCUT2D eigenvalue weighted by atomic mass is 16.5. The number of fused-ring (bicyclic) bond motifs is 1. The summed E-state index contributed by atoms with van der Waals surface area (Å²) in [5.41, 5.74) is 2.16. The van der Waals surface area contributed by atoms with Crippen LogP contribution in [-0.2, 0) is 4.74 Å². The average molecular weight is 406 g/mol. The van der Waals surface area contributed by atoms with E-state index in [1.54, 1.807) is 6.20 Å². The van der Waals surface area contributed by atoms with Crippen LogP contribution >= 0.6 is 0 Å². The molecule has 1 aliphatic carbocycles. The van der Waals surface area contributed by atoms with E-state index in [1.807, 2.05) is 12.1 Å². The van der Waals surface area contributed by atoms with E-state index in [2.05, 4.69) is 45.1 Å². The molecule has 3 heterocycles. The van der Waals surface area contributed by atoms with Gasteiger partial charge in [0.1, 0.15) is 5.82 Å². The molecule has 2 aromatic rings. The van der Waals surface area contributed by atoms with Gasteiger partial charge in [-0.15, -0.1) is 0 Å². The first-order valence-corrected chi connectivity index (χ1v) is 11.5. The fourth-order valence-electron chi connectivity index (χ4n) is 5.68. The Hall–Kier alpha value is -2.40.